The third-order valence-electron chi connectivity index (χ3n) is 6.92. The van der Waals surface area contributed by atoms with E-state index in [1.165, 1.54) is 6.20 Å². The number of halogens is 1. The zero-order valence-corrected chi connectivity index (χ0v) is 20.4. The normalized spacial score (nSPS) is 19.1. The van der Waals surface area contributed by atoms with Gasteiger partial charge in [-0.2, -0.15) is 0 Å². The molecule has 0 atom stereocenters. The van der Waals surface area contributed by atoms with E-state index >= 15 is 0 Å². The van der Waals surface area contributed by atoms with Gasteiger partial charge in [-0.1, -0.05) is 30.2 Å². The van der Waals surface area contributed by atoms with Crippen molar-refractivity contribution in [2.45, 2.75) is 32.1 Å². The molecule has 0 spiro atoms. The number of hydrogen-bond donors (Lipinski definition) is 0. The Kier molecular flexibility index (Phi) is 8.06. The Morgan fingerprint density at radius 1 is 1.09 bits per heavy atom. The first-order chi connectivity index (χ1) is 16.5. The quantitative estimate of drug-likeness (QED) is 0.647. The smallest absolute Gasteiger partial charge is 0.272 e. The van der Waals surface area contributed by atoms with E-state index < -0.39 is 0 Å². The number of aromatic nitrogens is 1. The van der Waals surface area contributed by atoms with Crippen LogP contribution in [0.25, 0.3) is 0 Å². The molecule has 1 aromatic heterocycles. The highest BCUT2D eigenvalue weighted by molar-refractivity contribution is 6.30. The second-order valence-corrected chi connectivity index (χ2v) is 9.62. The zero-order chi connectivity index (χ0) is 24.0. The molecule has 3 aliphatic rings. The van der Waals surface area contributed by atoms with Crippen LogP contribution < -0.4 is 4.74 Å². The fraction of sp³-hybridized carbons (Fsp3) is 0.500. The largest absolute Gasteiger partial charge is 0.491 e. The number of carbonyl (C=O) groups excluding carboxylic acids is 2. The van der Waals surface area contributed by atoms with Gasteiger partial charge in [0.05, 0.1) is 23.7 Å². The Bertz CT molecular complexity index is 990. The first kappa shape index (κ1) is 24.5. The Balaban J connectivity index is 1.57. The average Bonchev–Trinajstić information content (AvgIpc) is 2.86. The molecule has 2 bridgehead atoms. The molecule has 0 unspecified atom stereocenters. The molecule has 2 amide bonds. The first-order valence-corrected chi connectivity index (χ1v) is 12.3. The lowest BCUT2D eigenvalue weighted by molar-refractivity contribution is 0.0136. The van der Waals surface area contributed by atoms with Crippen LogP contribution in [-0.4, -0.2) is 73.1 Å². The summed E-state index contributed by atoms with van der Waals surface area (Å²) >= 11 is 5.95. The molecule has 0 N–H and O–H groups in total. The fourth-order valence-electron chi connectivity index (χ4n) is 4.94. The van der Waals surface area contributed by atoms with Crippen LogP contribution in [0, 0.1) is 5.41 Å². The van der Waals surface area contributed by atoms with Gasteiger partial charge in [0.1, 0.15) is 18.1 Å². The lowest BCUT2D eigenvalue weighted by Gasteiger charge is -2.41. The standard InChI is InChI=1S/C26H32ClN3O4/c1-33-19-26-10-4-5-13-29(25(32)22-9-8-20(27)18-28-22)16-17-34-23-7-3-2-6-21(23)24(31)30(14-11-26)15-12-26/h2-3,6-9,18H,4-5,10-17,19H2,1H3. The molecule has 182 valence electrons. The molecule has 1 aromatic carbocycles. The van der Waals surface area contributed by atoms with Gasteiger partial charge in [-0.3, -0.25) is 9.59 Å². The molecule has 1 fully saturated rings. The van der Waals surface area contributed by atoms with Crippen molar-refractivity contribution in [1.82, 2.24) is 14.8 Å². The number of ether oxygens (including phenoxy) is 2. The van der Waals surface area contributed by atoms with Gasteiger partial charge < -0.3 is 19.3 Å². The van der Waals surface area contributed by atoms with Gasteiger partial charge in [0.2, 0.25) is 0 Å². The van der Waals surface area contributed by atoms with E-state index in [1.807, 2.05) is 29.2 Å². The maximum Gasteiger partial charge on any atom is 0.272 e. The van der Waals surface area contributed by atoms with Crippen LogP contribution >= 0.6 is 11.6 Å². The minimum atomic E-state index is -0.146. The molecule has 0 saturated carbocycles. The Labute approximate surface area is 206 Å². The maximum absolute atomic E-state index is 13.3. The lowest BCUT2D eigenvalue weighted by atomic mass is 9.75. The van der Waals surface area contributed by atoms with Crippen molar-refractivity contribution in [3.63, 3.8) is 0 Å². The molecule has 0 radical (unpaired) electrons. The summed E-state index contributed by atoms with van der Waals surface area (Å²) in [6, 6.07) is 10.7. The molecule has 5 rings (SSSR count). The maximum atomic E-state index is 13.3. The van der Waals surface area contributed by atoms with E-state index in [4.69, 9.17) is 21.1 Å². The number of fused-ring (bicyclic) bond motifs is 9. The Morgan fingerprint density at radius 2 is 1.88 bits per heavy atom. The van der Waals surface area contributed by atoms with Crippen molar-refractivity contribution in [2.24, 2.45) is 5.41 Å². The number of piperidine rings is 1. The monoisotopic (exact) mass is 485 g/mol. The van der Waals surface area contributed by atoms with E-state index in [-0.39, 0.29) is 23.8 Å². The van der Waals surface area contributed by atoms with Crippen LogP contribution in [0.15, 0.2) is 42.6 Å². The number of carbonyl (C=O) groups is 2. The van der Waals surface area contributed by atoms with Gasteiger partial charge in [0, 0.05) is 32.9 Å². The van der Waals surface area contributed by atoms with Gasteiger partial charge in [0.25, 0.3) is 11.8 Å². The highest BCUT2D eigenvalue weighted by atomic mass is 35.5. The van der Waals surface area contributed by atoms with Crippen molar-refractivity contribution in [3.05, 3.63) is 58.9 Å². The predicted octanol–water partition coefficient (Wildman–Crippen LogP) is 4.31. The first-order valence-electron chi connectivity index (χ1n) is 11.9. The summed E-state index contributed by atoms with van der Waals surface area (Å²) in [7, 11) is 1.74. The number of nitrogens with zero attached hydrogens (tertiary/aromatic N) is 3. The van der Waals surface area contributed by atoms with E-state index in [0.29, 0.717) is 54.8 Å². The zero-order valence-electron chi connectivity index (χ0n) is 19.7. The van der Waals surface area contributed by atoms with Crippen LogP contribution in [0.2, 0.25) is 5.02 Å². The number of methoxy groups -OCH3 is 1. The van der Waals surface area contributed by atoms with Crippen molar-refractivity contribution in [2.75, 3.05) is 46.5 Å². The van der Waals surface area contributed by atoms with Crippen LogP contribution in [0.5, 0.6) is 5.75 Å². The summed E-state index contributed by atoms with van der Waals surface area (Å²) in [5.74, 6) is 0.399. The minimum Gasteiger partial charge on any atom is -0.491 e. The molecular formula is C26H32ClN3O4. The summed E-state index contributed by atoms with van der Waals surface area (Å²) in [4.78, 5) is 34.4. The summed E-state index contributed by atoms with van der Waals surface area (Å²) in [5.41, 5.74) is 0.989. The number of benzene rings is 1. The number of amides is 2. The Morgan fingerprint density at radius 3 is 2.62 bits per heavy atom. The number of pyridine rings is 1. The topological polar surface area (TPSA) is 72.0 Å². The van der Waals surface area contributed by atoms with Crippen LogP contribution in [-0.2, 0) is 4.74 Å². The van der Waals surface area contributed by atoms with E-state index in [1.54, 1.807) is 24.1 Å². The van der Waals surface area contributed by atoms with E-state index in [0.717, 1.165) is 32.1 Å². The molecule has 34 heavy (non-hydrogen) atoms. The van der Waals surface area contributed by atoms with E-state index in [9.17, 15) is 9.59 Å². The molecule has 1 saturated heterocycles. The molecule has 2 aromatic rings. The highest BCUT2D eigenvalue weighted by Gasteiger charge is 2.36. The lowest BCUT2D eigenvalue weighted by Crippen LogP contribution is -2.45. The van der Waals surface area contributed by atoms with Crippen molar-refractivity contribution < 1.29 is 19.1 Å². The molecule has 8 heteroatoms. The van der Waals surface area contributed by atoms with Gasteiger partial charge in [0.15, 0.2) is 0 Å². The molecule has 3 aliphatic heterocycles. The summed E-state index contributed by atoms with van der Waals surface area (Å²) in [6.45, 7) is 3.41. The number of hydrogen-bond acceptors (Lipinski definition) is 5. The summed E-state index contributed by atoms with van der Waals surface area (Å²) in [6.07, 6.45) is 6.18. The predicted molar refractivity (Wildman–Crippen MR) is 130 cm³/mol. The third-order valence-corrected chi connectivity index (χ3v) is 7.14. The molecule has 4 heterocycles. The summed E-state index contributed by atoms with van der Waals surface area (Å²) < 4.78 is 11.6. The number of rotatable bonds is 3. The molecular weight excluding hydrogens is 454 g/mol. The second kappa shape index (κ2) is 11.2. The van der Waals surface area contributed by atoms with Gasteiger partial charge in [-0.05, 0) is 55.4 Å². The average molecular weight is 486 g/mol. The van der Waals surface area contributed by atoms with Gasteiger partial charge in [-0.25, -0.2) is 4.98 Å². The van der Waals surface area contributed by atoms with Gasteiger partial charge in [-0.15, -0.1) is 0 Å². The van der Waals surface area contributed by atoms with Gasteiger partial charge >= 0.3 is 0 Å². The van der Waals surface area contributed by atoms with E-state index in [2.05, 4.69) is 4.98 Å². The summed E-state index contributed by atoms with van der Waals surface area (Å²) in [5, 5.41) is 0.493. The van der Waals surface area contributed by atoms with Crippen molar-refractivity contribution in [1.29, 1.82) is 0 Å². The SMILES string of the molecule is COCC12CCCCN(C(=O)c3ccc(Cl)cn3)CCOc3ccccc3C(=O)N(CC1)CC2. The highest BCUT2D eigenvalue weighted by Crippen LogP contribution is 2.38. The number of para-hydroxylation sites is 1. The molecule has 0 aliphatic carbocycles. The van der Waals surface area contributed by atoms with Crippen molar-refractivity contribution in [3.8, 4) is 5.75 Å². The second-order valence-electron chi connectivity index (χ2n) is 9.18. The third kappa shape index (κ3) is 5.70. The minimum absolute atomic E-state index is 0.00483. The van der Waals surface area contributed by atoms with Crippen LogP contribution in [0.4, 0.5) is 0 Å². The molecule has 7 nitrogen and oxygen atoms in total. The Hall–Kier alpha value is -2.64. The van der Waals surface area contributed by atoms with Crippen LogP contribution in [0.1, 0.15) is 53.0 Å². The van der Waals surface area contributed by atoms with Crippen molar-refractivity contribution >= 4 is 23.4 Å². The fourth-order valence-corrected chi connectivity index (χ4v) is 5.06. The van der Waals surface area contributed by atoms with Crippen LogP contribution in [0.3, 0.4) is 0 Å².